The summed E-state index contributed by atoms with van der Waals surface area (Å²) in [6.45, 7) is 0.544. The molecule has 1 atom stereocenters. The van der Waals surface area contributed by atoms with Crippen LogP contribution in [0.1, 0.15) is 36.0 Å². The van der Waals surface area contributed by atoms with Crippen molar-refractivity contribution in [2.45, 2.75) is 38.1 Å². The van der Waals surface area contributed by atoms with Crippen molar-refractivity contribution in [2.24, 2.45) is 11.1 Å². The lowest BCUT2D eigenvalue weighted by molar-refractivity contribution is -0.138. The van der Waals surface area contributed by atoms with Gasteiger partial charge in [-0.1, -0.05) is 47.1 Å². The molecule has 1 fully saturated rings. The quantitative estimate of drug-likeness (QED) is 0.617. The van der Waals surface area contributed by atoms with Crippen molar-refractivity contribution in [3.63, 3.8) is 0 Å². The van der Waals surface area contributed by atoms with Crippen LogP contribution in [-0.2, 0) is 22.4 Å². The monoisotopic (exact) mass is 436 g/mol. The van der Waals surface area contributed by atoms with Crippen LogP contribution in [0.25, 0.3) is 0 Å². The third-order valence-electron chi connectivity index (χ3n) is 5.23. The summed E-state index contributed by atoms with van der Waals surface area (Å²) >= 11 is 6.23. The molecule has 1 heterocycles. The molecule has 1 aliphatic carbocycles. The van der Waals surface area contributed by atoms with Crippen LogP contribution in [0.3, 0.4) is 0 Å². The number of nitrogens with zero attached hydrogens (tertiary/aromatic N) is 2. The molecule has 0 unspecified atom stereocenters. The van der Waals surface area contributed by atoms with Crippen LogP contribution in [-0.4, -0.2) is 29.2 Å². The van der Waals surface area contributed by atoms with Gasteiger partial charge in [-0.3, -0.25) is 4.79 Å². The summed E-state index contributed by atoms with van der Waals surface area (Å²) in [6.07, 6.45) is -2.52. The van der Waals surface area contributed by atoms with Gasteiger partial charge in [0.05, 0.1) is 17.8 Å². The second-order valence-electron chi connectivity index (χ2n) is 7.64. The third-order valence-corrected chi connectivity index (χ3v) is 5.56. The molecule has 1 aliphatic heterocycles. The maximum absolute atomic E-state index is 12.8. The first-order valence-electron chi connectivity index (χ1n) is 9.74. The summed E-state index contributed by atoms with van der Waals surface area (Å²) in [5.74, 6) is -0.00509. The van der Waals surface area contributed by atoms with Crippen molar-refractivity contribution >= 4 is 23.2 Å². The fourth-order valence-electron chi connectivity index (χ4n) is 3.47. The number of halogens is 4. The molecule has 158 valence electrons. The highest BCUT2D eigenvalue weighted by molar-refractivity contribution is 6.34. The van der Waals surface area contributed by atoms with E-state index in [0.29, 0.717) is 23.6 Å². The molecule has 8 heteroatoms. The molecule has 0 bridgehead atoms. The maximum Gasteiger partial charge on any atom is 0.416 e. The third kappa shape index (κ3) is 4.78. The van der Waals surface area contributed by atoms with Crippen molar-refractivity contribution in [2.75, 3.05) is 6.54 Å². The number of benzene rings is 2. The van der Waals surface area contributed by atoms with Crippen LogP contribution in [0.15, 0.2) is 53.7 Å². The van der Waals surface area contributed by atoms with Crippen LogP contribution < -0.4 is 0 Å². The van der Waals surface area contributed by atoms with Gasteiger partial charge in [0.15, 0.2) is 6.10 Å². The molecule has 0 saturated heterocycles. The van der Waals surface area contributed by atoms with Crippen molar-refractivity contribution in [1.82, 2.24) is 4.90 Å². The van der Waals surface area contributed by atoms with E-state index in [-0.39, 0.29) is 24.5 Å². The van der Waals surface area contributed by atoms with Crippen LogP contribution >= 0.6 is 11.6 Å². The number of alkyl halides is 3. The highest BCUT2D eigenvalue weighted by Crippen LogP contribution is 2.33. The molecule has 1 saturated carbocycles. The van der Waals surface area contributed by atoms with Crippen LogP contribution in [0, 0.1) is 5.92 Å². The van der Waals surface area contributed by atoms with E-state index in [9.17, 15) is 18.0 Å². The second kappa shape index (κ2) is 8.30. The number of amides is 1. The molecule has 4 nitrogen and oxygen atoms in total. The van der Waals surface area contributed by atoms with E-state index in [1.165, 1.54) is 12.1 Å². The zero-order valence-corrected chi connectivity index (χ0v) is 16.8. The Morgan fingerprint density at radius 2 is 1.83 bits per heavy atom. The zero-order valence-electron chi connectivity index (χ0n) is 16.0. The van der Waals surface area contributed by atoms with Crippen molar-refractivity contribution in [3.05, 3.63) is 70.2 Å². The molecule has 0 spiro atoms. The number of carbonyl (C=O) groups is 1. The summed E-state index contributed by atoms with van der Waals surface area (Å²) in [5, 5.41) is 4.72. The summed E-state index contributed by atoms with van der Waals surface area (Å²) in [6, 6.07) is 12.3. The SMILES string of the molecule is O=C(C1CC1)N(Cc1ccc(C(F)(F)F)cc1)C[C@H]1CC(c2ccccc2Cl)=NO1. The largest absolute Gasteiger partial charge is 0.416 e. The highest BCUT2D eigenvalue weighted by atomic mass is 35.5. The smallest absolute Gasteiger partial charge is 0.390 e. The molecule has 2 aromatic carbocycles. The van der Waals surface area contributed by atoms with Gasteiger partial charge in [0.25, 0.3) is 0 Å². The molecule has 0 N–H and O–H groups in total. The number of rotatable bonds is 6. The van der Waals surface area contributed by atoms with Gasteiger partial charge in [0, 0.05) is 29.5 Å². The topological polar surface area (TPSA) is 41.9 Å². The lowest BCUT2D eigenvalue weighted by atomic mass is 10.0. The number of oxime groups is 1. The first kappa shape index (κ1) is 20.7. The second-order valence-corrected chi connectivity index (χ2v) is 8.04. The van der Waals surface area contributed by atoms with E-state index in [2.05, 4.69) is 5.16 Å². The molecule has 4 rings (SSSR count). The standard InChI is InChI=1S/C22H20ClF3N2O2/c23-19-4-2-1-3-18(19)20-11-17(30-27-20)13-28(21(29)15-7-8-15)12-14-5-9-16(10-6-14)22(24,25)26/h1-6,9-10,15,17H,7-8,11-13H2/t17-/m1/s1. The Balaban J connectivity index is 1.44. The Bertz CT molecular complexity index is 956. The fourth-order valence-corrected chi connectivity index (χ4v) is 3.71. The van der Waals surface area contributed by atoms with Crippen molar-refractivity contribution < 1.29 is 22.8 Å². The Labute approximate surface area is 177 Å². The first-order chi connectivity index (χ1) is 14.3. The van der Waals surface area contributed by atoms with Crippen molar-refractivity contribution in [3.8, 4) is 0 Å². The van der Waals surface area contributed by atoms with Gasteiger partial charge < -0.3 is 9.74 Å². The molecule has 2 aromatic rings. The summed E-state index contributed by atoms with van der Waals surface area (Å²) in [7, 11) is 0. The van der Waals surface area contributed by atoms with Gasteiger partial charge in [0.1, 0.15) is 0 Å². The van der Waals surface area contributed by atoms with Crippen molar-refractivity contribution in [1.29, 1.82) is 0 Å². The molecule has 30 heavy (non-hydrogen) atoms. The zero-order chi connectivity index (χ0) is 21.3. The van der Waals surface area contributed by atoms with Crippen LogP contribution in [0.5, 0.6) is 0 Å². The Morgan fingerprint density at radius 1 is 1.13 bits per heavy atom. The number of hydrogen-bond donors (Lipinski definition) is 0. The predicted octanol–water partition coefficient (Wildman–Crippen LogP) is 5.29. The molecular formula is C22H20ClF3N2O2. The van der Waals surface area contributed by atoms with E-state index in [0.717, 1.165) is 36.2 Å². The van der Waals surface area contributed by atoms with Gasteiger partial charge in [0.2, 0.25) is 5.91 Å². The van der Waals surface area contributed by atoms with E-state index in [1.807, 2.05) is 18.2 Å². The Kier molecular flexibility index (Phi) is 5.73. The average Bonchev–Trinajstić information content (AvgIpc) is 3.46. The fraction of sp³-hybridized carbons (Fsp3) is 0.364. The highest BCUT2D eigenvalue weighted by Gasteiger charge is 2.36. The lowest BCUT2D eigenvalue weighted by Gasteiger charge is -2.25. The van der Waals surface area contributed by atoms with Gasteiger partial charge in [-0.15, -0.1) is 0 Å². The van der Waals surface area contributed by atoms with E-state index >= 15 is 0 Å². The van der Waals surface area contributed by atoms with E-state index in [4.69, 9.17) is 16.4 Å². The van der Waals surface area contributed by atoms with E-state index < -0.39 is 11.7 Å². The molecule has 2 aliphatic rings. The lowest BCUT2D eigenvalue weighted by Crippen LogP contribution is -2.38. The Morgan fingerprint density at radius 3 is 2.47 bits per heavy atom. The van der Waals surface area contributed by atoms with Gasteiger partial charge in [-0.25, -0.2) is 0 Å². The van der Waals surface area contributed by atoms with Crippen LogP contribution in [0.2, 0.25) is 5.02 Å². The molecule has 1 amide bonds. The van der Waals surface area contributed by atoms with Gasteiger partial charge in [-0.2, -0.15) is 13.2 Å². The minimum Gasteiger partial charge on any atom is -0.390 e. The van der Waals surface area contributed by atoms with Crippen LogP contribution in [0.4, 0.5) is 13.2 Å². The summed E-state index contributed by atoms with van der Waals surface area (Å²) in [5.41, 5.74) is 1.45. The maximum atomic E-state index is 12.8. The Hall–Kier alpha value is -2.54. The van der Waals surface area contributed by atoms with E-state index in [1.54, 1.807) is 11.0 Å². The summed E-state index contributed by atoms with van der Waals surface area (Å²) < 4.78 is 38.4. The summed E-state index contributed by atoms with van der Waals surface area (Å²) in [4.78, 5) is 20.0. The van der Waals surface area contributed by atoms with Gasteiger partial charge in [-0.05, 0) is 36.6 Å². The predicted molar refractivity (Wildman–Crippen MR) is 107 cm³/mol. The normalized spacial score (nSPS) is 18.7. The van der Waals surface area contributed by atoms with Gasteiger partial charge >= 0.3 is 6.18 Å². The minimum atomic E-state index is -4.38. The average molecular weight is 437 g/mol. The molecular weight excluding hydrogens is 417 g/mol. The molecule has 0 radical (unpaired) electrons. The minimum absolute atomic E-state index is 0.00434. The first-order valence-corrected chi connectivity index (χ1v) is 10.1. The number of carbonyl (C=O) groups excluding carboxylic acids is 1. The molecule has 0 aromatic heterocycles. The number of hydrogen-bond acceptors (Lipinski definition) is 3.